The lowest BCUT2D eigenvalue weighted by Gasteiger charge is -2.25. The Balaban J connectivity index is 1.94. The van der Waals surface area contributed by atoms with Crippen LogP contribution in [-0.2, 0) is 11.3 Å². The van der Waals surface area contributed by atoms with Crippen LogP contribution in [0.5, 0.6) is 0 Å². The zero-order valence-electron chi connectivity index (χ0n) is 7.80. The van der Waals surface area contributed by atoms with Crippen molar-refractivity contribution in [3.05, 3.63) is 35.4 Å². The van der Waals surface area contributed by atoms with Gasteiger partial charge in [0.05, 0.1) is 12.7 Å². The molecule has 3 heteroatoms. The Bertz CT molecular complexity index is 301. The highest BCUT2D eigenvalue weighted by atomic mass is 19.1. The van der Waals surface area contributed by atoms with E-state index in [1.165, 1.54) is 18.6 Å². The number of ether oxygens (including phenoxy) is 1. The molecule has 0 aromatic heterocycles. The molecule has 1 aliphatic rings. The molecule has 0 atom stereocenters. The molecule has 0 amide bonds. The summed E-state index contributed by atoms with van der Waals surface area (Å²) in [4.78, 5) is 0. The van der Waals surface area contributed by atoms with Gasteiger partial charge < -0.3 is 4.74 Å². The highest BCUT2D eigenvalue weighted by molar-refractivity contribution is 5.17. The lowest BCUT2D eigenvalue weighted by atomic mass is 9.96. The zero-order valence-corrected chi connectivity index (χ0v) is 7.80. The van der Waals surface area contributed by atoms with Crippen LogP contribution in [0, 0.1) is 11.6 Å². The number of hydrogen-bond donors (Lipinski definition) is 0. The fraction of sp³-hybridized carbons (Fsp3) is 0.455. The predicted molar refractivity (Wildman–Crippen MR) is 48.8 cm³/mol. The summed E-state index contributed by atoms with van der Waals surface area (Å²) in [6, 6.07) is 3.48. The summed E-state index contributed by atoms with van der Waals surface area (Å²) in [5, 5.41) is 0. The Labute approximate surface area is 81.7 Å². The molecule has 14 heavy (non-hydrogen) atoms. The first-order chi connectivity index (χ1) is 6.74. The Hall–Kier alpha value is -0.960. The zero-order chi connectivity index (χ0) is 9.97. The van der Waals surface area contributed by atoms with Crippen molar-refractivity contribution in [1.29, 1.82) is 0 Å². The van der Waals surface area contributed by atoms with E-state index in [0.717, 1.165) is 18.9 Å². The van der Waals surface area contributed by atoms with Crippen LogP contribution < -0.4 is 0 Å². The van der Waals surface area contributed by atoms with Gasteiger partial charge in [0.1, 0.15) is 11.6 Å². The first-order valence-electron chi connectivity index (χ1n) is 4.80. The van der Waals surface area contributed by atoms with Gasteiger partial charge in [0.25, 0.3) is 0 Å². The van der Waals surface area contributed by atoms with Gasteiger partial charge in [0.15, 0.2) is 0 Å². The molecule has 1 fully saturated rings. The van der Waals surface area contributed by atoms with Crippen LogP contribution in [0.1, 0.15) is 24.8 Å². The maximum Gasteiger partial charge on any atom is 0.126 e. The standard InChI is InChI=1S/C11H12F2O/c12-9-4-8(5-10(13)6-9)7-14-11-2-1-3-11/h4-6,11H,1-3,7H2. The van der Waals surface area contributed by atoms with Gasteiger partial charge in [-0.05, 0) is 37.0 Å². The van der Waals surface area contributed by atoms with Crippen LogP contribution in [0.2, 0.25) is 0 Å². The minimum Gasteiger partial charge on any atom is -0.374 e. The number of rotatable bonds is 3. The monoisotopic (exact) mass is 198 g/mol. The van der Waals surface area contributed by atoms with Crippen molar-refractivity contribution in [2.24, 2.45) is 0 Å². The Morgan fingerprint density at radius 1 is 1.14 bits per heavy atom. The Morgan fingerprint density at radius 2 is 1.79 bits per heavy atom. The molecule has 0 unspecified atom stereocenters. The van der Waals surface area contributed by atoms with Crippen LogP contribution in [0.4, 0.5) is 8.78 Å². The second kappa shape index (κ2) is 4.05. The van der Waals surface area contributed by atoms with Crippen LogP contribution in [0.15, 0.2) is 18.2 Å². The van der Waals surface area contributed by atoms with Crippen LogP contribution in [0.25, 0.3) is 0 Å². The largest absolute Gasteiger partial charge is 0.374 e. The molecule has 0 aliphatic heterocycles. The molecule has 1 nitrogen and oxygen atoms in total. The smallest absolute Gasteiger partial charge is 0.126 e. The second-order valence-corrected chi connectivity index (χ2v) is 3.64. The third-order valence-corrected chi connectivity index (χ3v) is 2.46. The number of halogens is 2. The fourth-order valence-corrected chi connectivity index (χ4v) is 1.45. The minimum absolute atomic E-state index is 0.293. The van der Waals surface area contributed by atoms with Crippen molar-refractivity contribution in [3.63, 3.8) is 0 Å². The van der Waals surface area contributed by atoms with E-state index < -0.39 is 11.6 Å². The van der Waals surface area contributed by atoms with Gasteiger partial charge in [0, 0.05) is 6.07 Å². The lowest BCUT2D eigenvalue weighted by Crippen LogP contribution is -2.21. The average Bonchev–Trinajstić information content (AvgIpc) is 1.99. The SMILES string of the molecule is Fc1cc(F)cc(COC2CCC2)c1. The molecule has 1 aromatic carbocycles. The first-order valence-corrected chi connectivity index (χ1v) is 4.80. The maximum atomic E-state index is 12.8. The fourth-order valence-electron chi connectivity index (χ4n) is 1.45. The Morgan fingerprint density at radius 3 is 2.29 bits per heavy atom. The lowest BCUT2D eigenvalue weighted by molar-refractivity contribution is -0.00884. The molecule has 0 radical (unpaired) electrons. The van der Waals surface area contributed by atoms with E-state index in [1.54, 1.807) is 0 Å². The van der Waals surface area contributed by atoms with Crippen LogP contribution in [0.3, 0.4) is 0 Å². The van der Waals surface area contributed by atoms with Crippen molar-refractivity contribution in [2.45, 2.75) is 32.0 Å². The topological polar surface area (TPSA) is 9.23 Å². The number of hydrogen-bond acceptors (Lipinski definition) is 1. The van der Waals surface area contributed by atoms with Crippen molar-refractivity contribution in [3.8, 4) is 0 Å². The highest BCUT2D eigenvalue weighted by Crippen LogP contribution is 2.23. The van der Waals surface area contributed by atoms with E-state index in [1.807, 2.05) is 0 Å². The van der Waals surface area contributed by atoms with E-state index >= 15 is 0 Å². The van der Waals surface area contributed by atoms with Crippen molar-refractivity contribution >= 4 is 0 Å². The van der Waals surface area contributed by atoms with E-state index in [9.17, 15) is 8.78 Å². The molecular formula is C11H12F2O. The van der Waals surface area contributed by atoms with E-state index in [4.69, 9.17) is 4.74 Å². The summed E-state index contributed by atoms with van der Waals surface area (Å²) in [6.07, 6.45) is 3.62. The molecule has 2 rings (SSSR count). The van der Waals surface area contributed by atoms with E-state index in [-0.39, 0.29) is 0 Å². The van der Waals surface area contributed by atoms with E-state index in [2.05, 4.69) is 0 Å². The molecule has 0 saturated heterocycles. The van der Waals surface area contributed by atoms with Crippen molar-refractivity contribution in [1.82, 2.24) is 0 Å². The molecule has 0 spiro atoms. The van der Waals surface area contributed by atoms with Gasteiger partial charge in [0.2, 0.25) is 0 Å². The predicted octanol–water partition coefficient (Wildman–Crippen LogP) is 3.03. The number of benzene rings is 1. The molecule has 1 aliphatic carbocycles. The third-order valence-electron chi connectivity index (χ3n) is 2.46. The van der Waals surface area contributed by atoms with Gasteiger partial charge in [-0.25, -0.2) is 8.78 Å². The first kappa shape index (κ1) is 9.59. The maximum absolute atomic E-state index is 12.8. The third kappa shape index (κ3) is 2.29. The molecule has 1 saturated carbocycles. The molecule has 1 aromatic rings. The summed E-state index contributed by atoms with van der Waals surface area (Å²) in [7, 11) is 0. The molecule has 0 N–H and O–H groups in total. The molecule has 0 bridgehead atoms. The summed E-state index contributed by atoms with van der Waals surface area (Å²) < 4.78 is 30.9. The normalized spacial score (nSPS) is 16.7. The summed E-state index contributed by atoms with van der Waals surface area (Å²) in [6.45, 7) is 0.305. The second-order valence-electron chi connectivity index (χ2n) is 3.64. The van der Waals surface area contributed by atoms with Crippen LogP contribution >= 0.6 is 0 Å². The summed E-state index contributed by atoms with van der Waals surface area (Å²) in [5.74, 6) is -1.09. The van der Waals surface area contributed by atoms with E-state index in [0.29, 0.717) is 18.3 Å². The van der Waals surface area contributed by atoms with Gasteiger partial charge in [-0.1, -0.05) is 0 Å². The molecular weight excluding hydrogens is 186 g/mol. The van der Waals surface area contributed by atoms with Gasteiger partial charge in [-0.3, -0.25) is 0 Å². The van der Waals surface area contributed by atoms with Crippen LogP contribution in [-0.4, -0.2) is 6.10 Å². The van der Waals surface area contributed by atoms with Gasteiger partial charge >= 0.3 is 0 Å². The minimum atomic E-state index is -0.544. The summed E-state index contributed by atoms with van der Waals surface area (Å²) >= 11 is 0. The van der Waals surface area contributed by atoms with Gasteiger partial charge in [-0.15, -0.1) is 0 Å². The Kier molecular flexibility index (Phi) is 2.77. The molecule has 76 valence electrons. The average molecular weight is 198 g/mol. The van der Waals surface area contributed by atoms with Gasteiger partial charge in [-0.2, -0.15) is 0 Å². The van der Waals surface area contributed by atoms with Crippen molar-refractivity contribution in [2.75, 3.05) is 0 Å². The quantitative estimate of drug-likeness (QED) is 0.725. The molecule has 0 heterocycles. The highest BCUT2D eigenvalue weighted by Gasteiger charge is 2.17. The summed E-state index contributed by atoms with van der Waals surface area (Å²) in [5.41, 5.74) is 0.564. The van der Waals surface area contributed by atoms with Crippen molar-refractivity contribution < 1.29 is 13.5 Å².